The number of rotatable bonds is 4. The van der Waals surface area contributed by atoms with Gasteiger partial charge in [0.05, 0.1) is 17.7 Å². The highest BCUT2D eigenvalue weighted by molar-refractivity contribution is 7.10. The third-order valence-electron chi connectivity index (χ3n) is 5.28. The summed E-state index contributed by atoms with van der Waals surface area (Å²) in [5.41, 5.74) is 3.45. The molecule has 1 unspecified atom stereocenters. The van der Waals surface area contributed by atoms with Crippen molar-refractivity contribution in [3.8, 4) is 0 Å². The average Bonchev–Trinajstić information content (AvgIpc) is 3.05. The van der Waals surface area contributed by atoms with Gasteiger partial charge in [0, 0.05) is 15.9 Å². The molecule has 0 saturated carbocycles. The van der Waals surface area contributed by atoms with Gasteiger partial charge in [-0.15, -0.1) is 11.3 Å². The molecule has 1 aliphatic rings. The number of hydrogen-bond donors (Lipinski definition) is 1. The van der Waals surface area contributed by atoms with Crippen molar-refractivity contribution in [2.45, 2.75) is 47.0 Å². The van der Waals surface area contributed by atoms with Crippen LogP contribution >= 0.6 is 11.3 Å². The van der Waals surface area contributed by atoms with Crippen molar-refractivity contribution < 1.29 is 14.3 Å². The van der Waals surface area contributed by atoms with Gasteiger partial charge in [0.1, 0.15) is 0 Å². The summed E-state index contributed by atoms with van der Waals surface area (Å²) in [5, 5.41) is 4.93. The number of anilines is 1. The lowest BCUT2D eigenvalue weighted by atomic mass is 9.72. The Morgan fingerprint density at radius 3 is 2.56 bits per heavy atom. The van der Waals surface area contributed by atoms with Crippen LogP contribution in [0.1, 0.15) is 65.3 Å². The van der Waals surface area contributed by atoms with E-state index in [0.29, 0.717) is 29.2 Å². The Hall–Kier alpha value is -2.14. The van der Waals surface area contributed by atoms with Gasteiger partial charge in [-0.1, -0.05) is 20.8 Å². The number of thiophene rings is 1. The molecule has 2 aromatic rings. The topological polar surface area (TPSA) is 55.4 Å². The first kappa shape index (κ1) is 19.6. The summed E-state index contributed by atoms with van der Waals surface area (Å²) >= 11 is 1.70. The molecule has 144 valence electrons. The van der Waals surface area contributed by atoms with E-state index in [1.807, 2.05) is 5.38 Å². The zero-order valence-electron chi connectivity index (χ0n) is 16.4. The fourth-order valence-electron chi connectivity index (χ4n) is 3.54. The van der Waals surface area contributed by atoms with Crippen LogP contribution in [-0.4, -0.2) is 18.5 Å². The predicted octanol–water partition coefficient (Wildman–Crippen LogP) is 5.33. The van der Waals surface area contributed by atoms with Crippen LogP contribution in [0.3, 0.4) is 0 Å². The van der Waals surface area contributed by atoms with Gasteiger partial charge < -0.3 is 10.1 Å². The number of fused-ring (bicyclic) bond motifs is 1. The number of hydrogen-bond acceptors (Lipinski definition) is 4. The summed E-state index contributed by atoms with van der Waals surface area (Å²) in [6.07, 6.45) is 3.15. The molecule has 1 N–H and O–H groups in total. The number of benzene rings is 1. The van der Waals surface area contributed by atoms with E-state index in [9.17, 15) is 9.59 Å². The number of carbonyl (C=O) groups is 2. The molecule has 0 radical (unpaired) electrons. The molecule has 1 amide bonds. The van der Waals surface area contributed by atoms with E-state index in [-0.39, 0.29) is 11.9 Å². The Bertz CT molecular complexity index is 830. The Kier molecular flexibility index (Phi) is 5.70. The largest absolute Gasteiger partial charge is 0.462 e. The van der Waals surface area contributed by atoms with Gasteiger partial charge in [-0.3, -0.25) is 4.79 Å². The minimum atomic E-state index is -0.351. The molecule has 1 aliphatic carbocycles. The number of esters is 1. The highest BCUT2D eigenvalue weighted by Crippen LogP contribution is 2.40. The normalized spacial score (nSPS) is 16.5. The zero-order chi connectivity index (χ0) is 19.6. The van der Waals surface area contributed by atoms with Crippen molar-refractivity contribution in [2.24, 2.45) is 11.3 Å². The van der Waals surface area contributed by atoms with E-state index < -0.39 is 0 Å². The molecule has 0 spiro atoms. The van der Waals surface area contributed by atoms with E-state index in [2.05, 4.69) is 26.1 Å². The molecule has 0 fully saturated rings. The molecule has 0 bridgehead atoms. The fourth-order valence-corrected chi connectivity index (χ4v) is 4.71. The third kappa shape index (κ3) is 4.41. The monoisotopic (exact) mass is 385 g/mol. The lowest BCUT2D eigenvalue weighted by molar-refractivity contribution is 0.0526. The summed E-state index contributed by atoms with van der Waals surface area (Å²) in [6, 6.07) is 6.81. The van der Waals surface area contributed by atoms with Gasteiger partial charge in [-0.25, -0.2) is 4.79 Å². The van der Waals surface area contributed by atoms with Crippen LogP contribution in [0.15, 0.2) is 29.6 Å². The van der Waals surface area contributed by atoms with Gasteiger partial charge in [0.2, 0.25) is 0 Å². The molecule has 1 aromatic carbocycles. The van der Waals surface area contributed by atoms with Crippen LogP contribution in [0.5, 0.6) is 0 Å². The standard InChI is InChI=1S/C22H27NO3S/c1-5-26-21(25)14-6-9-16(10-7-14)23-20(24)18-13-27-19-12-15(22(2,3)4)8-11-17(18)19/h6-7,9-10,13,15H,5,8,11-12H2,1-4H3,(H,23,24). The molecule has 4 nitrogen and oxygen atoms in total. The lowest BCUT2D eigenvalue weighted by Crippen LogP contribution is -2.27. The van der Waals surface area contributed by atoms with Crippen molar-refractivity contribution in [3.63, 3.8) is 0 Å². The minimum absolute atomic E-state index is 0.0782. The smallest absolute Gasteiger partial charge is 0.338 e. The second kappa shape index (κ2) is 7.85. The quantitative estimate of drug-likeness (QED) is 0.724. The highest BCUT2D eigenvalue weighted by Gasteiger charge is 2.31. The molecular weight excluding hydrogens is 358 g/mol. The van der Waals surface area contributed by atoms with E-state index >= 15 is 0 Å². The van der Waals surface area contributed by atoms with Crippen LogP contribution < -0.4 is 5.32 Å². The summed E-state index contributed by atoms with van der Waals surface area (Å²) in [4.78, 5) is 25.8. The van der Waals surface area contributed by atoms with E-state index in [0.717, 1.165) is 24.8 Å². The molecule has 1 atom stereocenters. The Labute approximate surface area is 164 Å². The molecule has 1 heterocycles. The maximum absolute atomic E-state index is 12.8. The summed E-state index contributed by atoms with van der Waals surface area (Å²) in [7, 11) is 0. The first-order valence-corrected chi connectivity index (χ1v) is 10.3. The van der Waals surface area contributed by atoms with E-state index in [1.54, 1.807) is 42.5 Å². The first-order valence-electron chi connectivity index (χ1n) is 9.47. The first-order chi connectivity index (χ1) is 12.8. The third-order valence-corrected chi connectivity index (χ3v) is 6.33. The van der Waals surface area contributed by atoms with Gasteiger partial charge in [-0.2, -0.15) is 0 Å². The Balaban J connectivity index is 1.69. The second-order valence-corrected chi connectivity index (χ2v) is 9.07. The van der Waals surface area contributed by atoms with Gasteiger partial charge in [0.25, 0.3) is 5.91 Å². The van der Waals surface area contributed by atoms with Crippen molar-refractivity contribution in [1.82, 2.24) is 0 Å². The summed E-state index contributed by atoms with van der Waals surface area (Å²) < 4.78 is 4.98. The van der Waals surface area contributed by atoms with Crippen LogP contribution in [-0.2, 0) is 17.6 Å². The predicted molar refractivity (Wildman–Crippen MR) is 110 cm³/mol. The summed E-state index contributed by atoms with van der Waals surface area (Å²) in [5.74, 6) is 0.233. The fraction of sp³-hybridized carbons (Fsp3) is 0.455. The molecule has 0 aliphatic heterocycles. The average molecular weight is 386 g/mol. The number of amides is 1. The van der Waals surface area contributed by atoms with Crippen molar-refractivity contribution in [1.29, 1.82) is 0 Å². The zero-order valence-corrected chi connectivity index (χ0v) is 17.2. The number of nitrogens with one attached hydrogen (secondary N) is 1. The lowest BCUT2D eigenvalue weighted by Gasteiger charge is -2.34. The van der Waals surface area contributed by atoms with Crippen molar-refractivity contribution in [2.75, 3.05) is 11.9 Å². The van der Waals surface area contributed by atoms with Gasteiger partial charge in [-0.05, 0) is 67.3 Å². The molecule has 3 rings (SSSR count). The Morgan fingerprint density at radius 1 is 1.22 bits per heavy atom. The molecule has 5 heteroatoms. The Morgan fingerprint density at radius 2 is 1.93 bits per heavy atom. The van der Waals surface area contributed by atoms with Gasteiger partial charge >= 0.3 is 5.97 Å². The van der Waals surface area contributed by atoms with Crippen LogP contribution in [0.4, 0.5) is 5.69 Å². The van der Waals surface area contributed by atoms with E-state index in [1.165, 1.54) is 10.4 Å². The molecule has 0 saturated heterocycles. The van der Waals surface area contributed by atoms with Crippen LogP contribution in [0, 0.1) is 11.3 Å². The van der Waals surface area contributed by atoms with Crippen LogP contribution in [0.2, 0.25) is 0 Å². The number of ether oxygens (including phenoxy) is 1. The number of carbonyl (C=O) groups excluding carboxylic acids is 2. The maximum Gasteiger partial charge on any atom is 0.338 e. The van der Waals surface area contributed by atoms with E-state index in [4.69, 9.17) is 4.74 Å². The highest BCUT2D eigenvalue weighted by atomic mass is 32.1. The summed E-state index contributed by atoms with van der Waals surface area (Å²) in [6.45, 7) is 9.01. The maximum atomic E-state index is 12.8. The van der Waals surface area contributed by atoms with Crippen LogP contribution in [0.25, 0.3) is 0 Å². The molecule has 1 aromatic heterocycles. The SMILES string of the molecule is CCOC(=O)c1ccc(NC(=O)c2csc3c2CCC(C(C)(C)C)C3)cc1. The van der Waals surface area contributed by atoms with Crippen molar-refractivity contribution >= 4 is 28.9 Å². The molecular formula is C22H27NO3S. The van der Waals surface area contributed by atoms with Crippen molar-refractivity contribution in [3.05, 3.63) is 51.2 Å². The minimum Gasteiger partial charge on any atom is -0.462 e. The molecule has 27 heavy (non-hydrogen) atoms. The van der Waals surface area contributed by atoms with Gasteiger partial charge in [0.15, 0.2) is 0 Å². The second-order valence-electron chi connectivity index (χ2n) is 8.11.